The van der Waals surface area contributed by atoms with Gasteiger partial charge in [-0.05, 0) is 42.9 Å². The van der Waals surface area contributed by atoms with Gasteiger partial charge in [-0.3, -0.25) is 0 Å². The van der Waals surface area contributed by atoms with Crippen LogP contribution in [0.15, 0.2) is 18.2 Å². The Kier molecular flexibility index (Phi) is 3.32. The third-order valence-corrected chi connectivity index (χ3v) is 3.84. The van der Waals surface area contributed by atoms with Crippen LogP contribution in [0.3, 0.4) is 0 Å². The van der Waals surface area contributed by atoms with Crippen molar-refractivity contribution in [3.8, 4) is 0 Å². The lowest BCUT2D eigenvalue weighted by molar-refractivity contribution is 0.443. The van der Waals surface area contributed by atoms with Crippen molar-refractivity contribution in [1.82, 2.24) is 0 Å². The Morgan fingerprint density at radius 2 is 2.00 bits per heavy atom. The van der Waals surface area contributed by atoms with E-state index in [0.717, 1.165) is 10.6 Å². The molecular weight excluding hydrogens is 206 g/mol. The summed E-state index contributed by atoms with van der Waals surface area (Å²) >= 11 is 6.22. The predicted molar refractivity (Wildman–Crippen MR) is 65.1 cm³/mol. The molecule has 2 heteroatoms. The summed E-state index contributed by atoms with van der Waals surface area (Å²) < 4.78 is 0. The smallest absolute Gasteiger partial charge is 0.0456 e. The van der Waals surface area contributed by atoms with Gasteiger partial charge in [-0.1, -0.05) is 36.6 Å². The van der Waals surface area contributed by atoms with Gasteiger partial charge >= 0.3 is 0 Å². The summed E-state index contributed by atoms with van der Waals surface area (Å²) in [5.41, 5.74) is 8.70. The van der Waals surface area contributed by atoms with E-state index in [0.29, 0.717) is 5.92 Å². The van der Waals surface area contributed by atoms with Crippen molar-refractivity contribution >= 4 is 11.6 Å². The van der Waals surface area contributed by atoms with Crippen molar-refractivity contribution in [1.29, 1.82) is 0 Å². The molecule has 15 heavy (non-hydrogen) atoms. The maximum atomic E-state index is 6.32. The molecule has 0 amide bonds. The molecule has 2 N–H and O–H groups in total. The Labute approximate surface area is 96.6 Å². The molecule has 0 spiro atoms. The van der Waals surface area contributed by atoms with E-state index in [1.54, 1.807) is 0 Å². The molecule has 1 aliphatic rings. The molecule has 82 valence electrons. The van der Waals surface area contributed by atoms with Crippen molar-refractivity contribution in [2.45, 2.75) is 38.6 Å². The summed E-state index contributed by atoms with van der Waals surface area (Å²) in [5.74, 6) is 0.628. The van der Waals surface area contributed by atoms with Crippen molar-refractivity contribution in [2.75, 3.05) is 0 Å². The fourth-order valence-electron chi connectivity index (χ4n) is 2.62. The average molecular weight is 224 g/mol. The van der Waals surface area contributed by atoms with E-state index in [1.807, 2.05) is 12.1 Å². The molecule has 1 aromatic rings. The zero-order valence-corrected chi connectivity index (χ0v) is 9.93. The minimum absolute atomic E-state index is 0.126. The molecule has 0 aliphatic heterocycles. The summed E-state index contributed by atoms with van der Waals surface area (Å²) in [4.78, 5) is 0. The van der Waals surface area contributed by atoms with E-state index >= 15 is 0 Å². The van der Waals surface area contributed by atoms with Crippen LogP contribution in [-0.4, -0.2) is 0 Å². The summed E-state index contributed by atoms with van der Waals surface area (Å²) in [6.07, 6.45) is 5.15. The number of hydrogen-bond acceptors (Lipinski definition) is 1. The number of nitrogens with two attached hydrogens (primary N) is 1. The van der Waals surface area contributed by atoms with Gasteiger partial charge in [0.1, 0.15) is 0 Å². The fraction of sp³-hybridized carbons (Fsp3) is 0.538. The van der Waals surface area contributed by atoms with E-state index in [9.17, 15) is 0 Å². The Balaban J connectivity index is 2.27. The Bertz CT molecular complexity index is 322. The molecule has 0 saturated heterocycles. The van der Waals surface area contributed by atoms with Gasteiger partial charge < -0.3 is 5.73 Å². The molecule has 1 aliphatic carbocycles. The van der Waals surface area contributed by atoms with Gasteiger partial charge in [-0.2, -0.15) is 0 Å². The van der Waals surface area contributed by atoms with Gasteiger partial charge in [-0.25, -0.2) is 0 Å². The molecule has 0 unspecified atom stereocenters. The molecule has 1 nitrogen and oxygen atoms in total. The maximum absolute atomic E-state index is 6.32. The van der Waals surface area contributed by atoms with E-state index in [2.05, 4.69) is 13.0 Å². The first-order valence-electron chi connectivity index (χ1n) is 5.70. The number of halogens is 1. The molecule has 1 atom stereocenters. The average Bonchev–Trinajstić information content (AvgIpc) is 2.69. The summed E-state index contributed by atoms with van der Waals surface area (Å²) in [6.45, 7) is 2.09. The van der Waals surface area contributed by atoms with Crippen LogP contribution in [0.2, 0.25) is 5.02 Å². The van der Waals surface area contributed by atoms with Gasteiger partial charge in [0.05, 0.1) is 0 Å². The van der Waals surface area contributed by atoms with Gasteiger partial charge in [-0.15, -0.1) is 0 Å². The minimum atomic E-state index is 0.126. The molecule has 0 bridgehead atoms. The first-order valence-corrected chi connectivity index (χ1v) is 6.08. The van der Waals surface area contributed by atoms with Crippen LogP contribution >= 0.6 is 11.6 Å². The van der Waals surface area contributed by atoms with Crippen LogP contribution in [0, 0.1) is 12.8 Å². The SMILES string of the molecule is Cc1cccc(Cl)c1[C@H](N)C1CCCC1. The van der Waals surface area contributed by atoms with E-state index in [4.69, 9.17) is 17.3 Å². The van der Waals surface area contributed by atoms with Gasteiger partial charge in [0.2, 0.25) is 0 Å². The minimum Gasteiger partial charge on any atom is -0.324 e. The van der Waals surface area contributed by atoms with Crippen LogP contribution in [0.25, 0.3) is 0 Å². The van der Waals surface area contributed by atoms with Crippen LogP contribution < -0.4 is 5.73 Å². The highest BCUT2D eigenvalue weighted by molar-refractivity contribution is 6.31. The lowest BCUT2D eigenvalue weighted by Gasteiger charge is -2.22. The Morgan fingerprint density at radius 1 is 1.33 bits per heavy atom. The standard InChI is InChI=1S/C13H18ClN/c1-9-5-4-8-11(14)12(9)13(15)10-6-2-3-7-10/h4-5,8,10,13H,2-3,6-7,15H2,1H3/t13-/m1/s1. The van der Waals surface area contributed by atoms with E-state index in [1.165, 1.54) is 31.2 Å². The number of benzene rings is 1. The highest BCUT2D eigenvalue weighted by atomic mass is 35.5. The van der Waals surface area contributed by atoms with Gasteiger partial charge in [0.25, 0.3) is 0 Å². The zero-order valence-electron chi connectivity index (χ0n) is 9.17. The van der Waals surface area contributed by atoms with Gasteiger partial charge in [0, 0.05) is 11.1 Å². The molecule has 2 rings (SSSR count). The summed E-state index contributed by atoms with van der Waals surface area (Å²) in [5, 5.41) is 0.828. The number of aryl methyl sites for hydroxylation is 1. The fourth-order valence-corrected chi connectivity index (χ4v) is 2.97. The van der Waals surface area contributed by atoms with E-state index < -0.39 is 0 Å². The second-order valence-corrected chi connectivity index (χ2v) is 4.95. The van der Waals surface area contributed by atoms with Crippen LogP contribution in [0.5, 0.6) is 0 Å². The lowest BCUT2D eigenvalue weighted by atomic mass is 9.90. The van der Waals surface area contributed by atoms with Crippen molar-refractivity contribution in [2.24, 2.45) is 11.7 Å². The molecule has 0 radical (unpaired) electrons. The number of rotatable bonds is 2. The second-order valence-electron chi connectivity index (χ2n) is 4.54. The van der Waals surface area contributed by atoms with Crippen molar-refractivity contribution in [3.05, 3.63) is 34.3 Å². The quantitative estimate of drug-likeness (QED) is 0.810. The molecule has 1 fully saturated rings. The predicted octanol–water partition coefficient (Wildman–Crippen LogP) is 3.84. The van der Waals surface area contributed by atoms with Crippen LogP contribution in [0.4, 0.5) is 0 Å². The lowest BCUT2D eigenvalue weighted by Crippen LogP contribution is -2.20. The Hall–Kier alpha value is -0.530. The Morgan fingerprint density at radius 3 is 2.60 bits per heavy atom. The maximum Gasteiger partial charge on any atom is 0.0456 e. The molecule has 0 aromatic heterocycles. The van der Waals surface area contributed by atoms with Gasteiger partial charge in [0.15, 0.2) is 0 Å². The zero-order chi connectivity index (χ0) is 10.8. The number of hydrogen-bond donors (Lipinski definition) is 1. The highest BCUT2D eigenvalue weighted by Crippen LogP contribution is 2.37. The summed E-state index contributed by atoms with van der Waals surface area (Å²) in [6, 6.07) is 6.15. The third-order valence-electron chi connectivity index (χ3n) is 3.51. The van der Waals surface area contributed by atoms with Crippen molar-refractivity contribution < 1.29 is 0 Å². The molecular formula is C13H18ClN. The van der Waals surface area contributed by atoms with Crippen molar-refractivity contribution in [3.63, 3.8) is 0 Å². The van der Waals surface area contributed by atoms with Crippen LogP contribution in [0.1, 0.15) is 42.9 Å². The third kappa shape index (κ3) is 2.19. The first-order chi connectivity index (χ1) is 7.20. The summed E-state index contributed by atoms with van der Waals surface area (Å²) in [7, 11) is 0. The molecule has 1 saturated carbocycles. The topological polar surface area (TPSA) is 26.0 Å². The van der Waals surface area contributed by atoms with Crippen LogP contribution in [-0.2, 0) is 0 Å². The molecule has 0 heterocycles. The largest absolute Gasteiger partial charge is 0.324 e. The normalized spacial score (nSPS) is 19.4. The highest BCUT2D eigenvalue weighted by Gasteiger charge is 2.25. The molecule has 1 aromatic carbocycles. The monoisotopic (exact) mass is 223 g/mol. The van der Waals surface area contributed by atoms with E-state index in [-0.39, 0.29) is 6.04 Å². The first kappa shape index (κ1) is 11.0. The second kappa shape index (κ2) is 4.54.